The van der Waals surface area contributed by atoms with E-state index in [9.17, 15) is 9.59 Å². The second kappa shape index (κ2) is 6.65. The Kier molecular flexibility index (Phi) is 4.31. The van der Waals surface area contributed by atoms with E-state index in [0.717, 1.165) is 55.1 Å². The highest BCUT2D eigenvalue weighted by molar-refractivity contribution is 7.17. The van der Waals surface area contributed by atoms with Crippen molar-refractivity contribution in [3.63, 3.8) is 0 Å². The SMILES string of the molecule is CC1(CCC(=O)N2C[C@@H]3CN(c4ncnc5ccsc45)C[C@]3(C)C2)CCC(=O)N1. The highest BCUT2D eigenvalue weighted by atomic mass is 32.1. The molecule has 0 saturated carbocycles. The van der Waals surface area contributed by atoms with Crippen LogP contribution in [0.3, 0.4) is 0 Å². The number of amides is 2. The fraction of sp³-hybridized carbons (Fsp3) is 0.619. The standard InChI is InChI=1S/C21H27N5O2S/c1-20-11-25(17(28)4-7-21(2)6-3-16(27)24-21)9-14(20)10-26(12-20)19-18-15(5-8-29-18)22-13-23-19/h5,8,13-14H,3-4,6-7,9-12H2,1-2H3,(H,24,27)/t14-,20+,21?/m1/s1. The average Bonchev–Trinajstić information content (AvgIpc) is 3.41. The maximum Gasteiger partial charge on any atom is 0.222 e. The highest BCUT2D eigenvalue weighted by Crippen LogP contribution is 2.45. The van der Waals surface area contributed by atoms with Crippen LogP contribution in [0.4, 0.5) is 5.82 Å². The minimum atomic E-state index is -0.220. The summed E-state index contributed by atoms with van der Waals surface area (Å²) < 4.78 is 1.15. The van der Waals surface area contributed by atoms with Gasteiger partial charge in [-0.2, -0.15) is 0 Å². The van der Waals surface area contributed by atoms with Crippen molar-refractivity contribution in [3.8, 4) is 0 Å². The number of hydrogen-bond acceptors (Lipinski definition) is 6. The van der Waals surface area contributed by atoms with E-state index in [1.165, 1.54) is 0 Å². The van der Waals surface area contributed by atoms with E-state index in [1.807, 2.05) is 11.0 Å². The van der Waals surface area contributed by atoms with Crippen LogP contribution in [0, 0.1) is 11.3 Å². The Hall–Kier alpha value is -2.22. The molecule has 2 aromatic rings. The molecule has 3 saturated heterocycles. The minimum absolute atomic E-state index is 0.0929. The van der Waals surface area contributed by atoms with Gasteiger partial charge in [0.25, 0.3) is 0 Å². The lowest BCUT2D eigenvalue weighted by Gasteiger charge is -2.28. The third-order valence-electron chi connectivity index (χ3n) is 7.08. The number of hydrogen-bond donors (Lipinski definition) is 1. The van der Waals surface area contributed by atoms with Gasteiger partial charge in [-0.25, -0.2) is 9.97 Å². The average molecular weight is 414 g/mol. The molecule has 3 atom stereocenters. The molecule has 0 radical (unpaired) electrons. The lowest BCUT2D eigenvalue weighted by molar-refractivity contribution is -0.131. The molecule has 0 aromatic carbocycles. The normalized spacial score (nSPS) is 31.5. The minimum Gasteiger partial charge on any atom is -0.354 e. The molecule has 0 bridgehead atoms. The van der Waals surface area contributed by atoms with Crippen molar-refractivity contribution in [1.82, 2.24) is 20.2 Å². The van der Waals surface area contributed by atoms with Gasteiger partial charge in [-0.3, -0.25) is 9.59 Å². The fourth-order valence-electron chi connectivity index (χ4n) is 5.27. The van der Waals surface area contributed by atoms with Gasteiger partial charge in [-0.15, -0.1) is 11.3 Å². The third kappa shape index (κ3) is 3.27. The van der Waals surface area contributed by atoms with Gasteiger partial charge < -0.3 is 15.1 Å². The van der Waals surface area contributed by atoms with E-state index >= 15 is 0 Å². The van der Waals surface area contributed by atoms with E-state index in [2.05, 4.69) is 39.4 Å². The van der Waals surface area contributed by atoms with Gasteiger partial charge in [0.2, 0.25) is 11.8 Å². The van der Waals surface area contributed by atoms with Crippen molar-refractivity contribution in [2.45, 2.75) is 45.1 Å². The molecule has 3 aliphatic rings. The molecule has 29 heavy (non-hydrogen) atoms. The Bertz CT molecular complexity index is 977. The van der Waals surface area contributed by atoms with Gasteiger partial charge in [0.05, 0.1) is 10.2 Å². The molecule has 3 aliphatic heterocycles. The number of nitrogens with one attached hydrogen (secondary N) is 1. The molecular weight excluding hydrogens is 386 g/mol. The summed E-state index contributed by atoms with van der Waals surface area (Å²) in [4.78, 5) is 37.7. The molecular formula is C21H27N5O2S. The first-order valence-electron chi connectivity index (χ1n) is 10.4. The Balaban J connectivity index is 1.23. The number of aromatic nitrogens is 2. The van der Waals surface area contributed by atoms with Gasteiger partial charge in [0, 0.05) is 55.9 Å². The Morgan fingerprint density at radius 3 is 2.93 bits per heavy atom. The number of carbonyl (C=O) groups is 2. The maximum absolute atomic E-state index is 12.9. The molecule has 154 valence electrons. The van der Waals surface area contributed by atoms with Gasteiger partial charge >= 0.3 is 0 Å². The summed E-state index contributed by atoms with van der Waals surface area (Å²) in [6.45, 7) is 7.81. The Morgan fingerprint density at radius 2 is 2.17 bits per heavy atom. The van der Waals surface area contributed by atoms with Crippen LogP contribution in [0.5, 0.6) is 0 Å². The highest BCUT2D eigenvalue weighted by Gasteiger charge is 2.51. The zero-order chi connectivity index (χ0) is 20.2. The number of likely N-dealkylation sites (tertiary alicyclic amines) is 1. The van der Waals surface area contributed by atoms with Crippen molar-refractivity contribution in [3.05, 3.63) is 17.8 Å². The number of fused-ring (bicyclic) bond motifs is 2. The molecule has 5 heterocycles. The van der Waals surface area contributed by atoms with E-state index in [1.54, 1.807) is 17.7 Å². The Morgan fingerprint density at radius 1 is 1.31 bits per heavy atom. The van der Waals surface area contributed by atoms with E-state index < -0.39 is 0 Å². The lowest BCUT2D eigenvalue weighted by Crippen LogP contribution is -2.41. The Labute approximate surface area is 174 Å². The largest absolute Gasteiger partial charge is 0.354 e. The van der Waals surface area contributed by atoms with Crippen LogP contribution < -0.4 is 10.2 Å². The van der Waals surface area contributed by atoms with Crippen molar-refractivity contribution in [2.75, 3.05) is 31.1 Å². The molecule has 1 unspecified atom stereocenters. The first kappa shape index (κ1) is 18.8. The van der Waals surface area contributed by atoms with Crippen molar-refractivity contribution in [1.29, 1.82) is 0 Å². The zero-order valence-electron chi connectivity index (χ0n) is 17.0. The van der Waals surface area contributed by atoms with Gasteiger partial charge in [0.15, 0.2) is 0 Å². The van der Waals surface area contributed by atoms with Crippen LogP contribution in [0.2, 0.25) is 0 Å². The predicted octanol–water partition coefficient (Wildman–Crippen LogP) is 2.42. The summed E-state index contributed by atoms with van der Waals surface area (Å²) >= 11 is 1.69. The number of thiophene rings is 1. The number of carbonyl (C=O) groups excluding carboxylic acids is 2. The predicted molar refractivity (Wildman–Crippen MR) is 113 cm³/mol. The van der Waals surface area contributed by atoms with E-state index in [4.69, 9.17) is 0 Å². The van der Waals surface area contributed by atoms with Crippen LogP contribution in [0.15, 0.2) is 17.8 Å². The molecule has 0 spiro atoms. The van der Waals surface area contributed by atoms with Crippen LogP contribution in [0.25, 0.3) is 10.2 Å². The number of anilines is 1. The first-order valence-corrected chi connectivity index (χ1v) is 11.3. The van der Waals surface area contributed by atoms with Gasteiger partial charge in [0.1, 0.15) is 12.1 Å². The lowest BCUT2D eigenvalue weighted by atomic mass is 9.83. The van der Waals surface area contributed by atoms with Gasteiger partial charge in [-0.1, -0.05) is 6.92 Å². The van der Waals surface area contributed by atoms with Crippen molar-refractivity contribution < 1.29 is 9.59 Å². The quantitative estimate of drug-likeness (QED) is 0.833. The monoisotopic (exact) mass is 413 g/mol. The van der Waals surface area contributed by atoms with Crippen LogP contribution in [-0.2, 0) is 9.59 Å². The third-order valence-corrected chi connectivity index (χ3v) is 7.98. The molecule has 8 heteroatoms. The number of nitrogens with zero attached hydrogens (tertiary/aromatic N) is 4. The van der Waals surface area contributed by atoms with E-state index in [-0.39, 0.29) is 22.8 Å². The summed E-state index contributed by atoms with van der Waals surface area (Å²) in [6, 6.07) is 2.04. The van der Waals surface area contributed by atoms with Crippen molar-refractivity contribution >= 4 is 39.2 Å². The summed E-state index contributed by atoms with van der Waals surface area (Å²) in [5, 5.41) is 5.10. The number of rotatable bonds is 4. The maximum atomic E-state index is 12.9. The molecule has 0 aliphatic carbocycles. The summed E-state index contributed by atoms with van der Waals surface area (Å²) in [6.07, 6.45) is 4.28. The molecule has 2 aromatic heterocycles. The first-order chi connectivity index (χ1) is 13.9. The van der Waals surface area contributed by atoms with Crippen LogP contribution >= 0.6 is 11.3 Å². The molecule has 2 amide bonds. The van der Waals surface area contributed by atoms with E-state index in [0.29, 0.717) is 18.8 Å². The van der Waals surface area contributed by atoms with Crippen LogP contribution in [-0.4, -0.2) is 58.4 Å². The topological polar surface area (TPSA) is 78.4 Å². The molecule has 7 nitrogen and oxygen atoms in total. The molecule has 1 N–H and O–H groups in total. The summed E-state index contributed by atoms with van der Waals surface area (Å²) in [5.74, 6) is 1.81. The zero-order valence-corrected chi connectivity index (χ0v) is 17.8. The van der Waals surface area contributed by atoms with Crippen molar-refractivity contribution in [2.24, 2.45) is 11.3 Å². The summed E-state index contributed by atoms with van der Waals surface area (Å²) in [5.41, 5.74) is 0.879. The second-order valence-electron chi connectivity index (χ2n) is 9.45. The second-order valence-corrected chi connectivity index (χ2v) is 10.4. The van der Waals surface area contributed by atoms with Gasteiger partial charge in [-0.05, 0) is 31.2 Å². The molecule has 5 rings (SSSR count). The molecule has 3 fully saturated rings. The smallest absolute Gasteiger partial charge is 0.222 e. The fourth-order valence-corrected chi connectivity index (χ4v) is 6.13. The summed E-state index contributed by atoms with van der Waals surface area (Å²) in [7, 11) is 0. The van der Waals surface area contributed by atoms with Crippen LogP contribution in [0.1, 0.15) is 39.5 Å².